The van der Waals surface area contributed by atoms with E-state index in [0.717, 1.165) is 5.52 Å². The second-order valence-electron chi connectivity index (χ2n) is 5.96. The first-order chi connectivity index (χ1) is 10.1. The summed E-state index contributed by atoms with van der Waals surface area (Å²) in [5.41, 5.74) is 2.93. The van der Waals surface area contributed by atoms with Crippen LogP contribution in [-0.2, 0) is 11.8 Å². The number of imidazole rings is 1. The van der Waals surface area contributed by atoms with E-state index in [-0.39, 0.29) is 5.97 Å². The number of hydrogen-bond donors (Lipinski definition) is 0. The van der Waals surface area contributed by atoms with Crippen molar-refractivity contribution in [1.29, 1.82) is 0 Å². The van der Waals surface area contributed by atoms with Gasteiger partial charge in [-0.15, -0.1) is 0 Å². The Kier molecular flexibility index (Phi) is 3.70. The van der Waals surface area contributed by atoms with Crippen molar-refractivity contribution in [2.75, 3.05) is 7.11 Å². The SMILES string of the molecule is COC(=O)c1ccc2c(c1)n(C)c(C)[n+]2C1CCCCC1. The number of esters is 1. The van der Waals surface area contributed by atoms with Crippen LogP contribution in [0.15, 0.2) is 18.2 Å². The maximum Gasteiger partial charge on any atom is 0.338 e. The van der Waals surface area contributed by atoms with Crippen LogP contribution in [0.4, 0.5) is 0 Å². The summed E-state index contributed by atoms with van der Waals surface area (Å²) in [6.07, 6.45) is 6.49. The van der Waals surface area contributed by atoms with Gasteiger partial charge in [0.05, 0.1) is 19.7 Å². The average molecular weight is 287 g/mol. The molecule has 1 aliphatic carbocycles. The van der Waals surface area contributed by atoms with Crippen LogP contribution < -0.4 is 4.57 Å². The molecule has 0 unspecified atom stereocenters. The van der Waals surface area contributed by atoms with Crippen LogP contribution >= 0.6 is 0 Å². The van der Waals surface area contributed by atoms with Gasteiger partial charge in [0.1, 0.15) is 6.04 Å². The van der Waals surface area contributed by atoms with Gasteiger partial charge < -0.3 is 4.74 Å². The zero-order chi connectivity index (χ0) is 15.0. The molecule has 0 amide bonds. The van der Waals surface area contributed by atoms with Crippen LogP contribution in [0.5, 0.6) is 0 Å². The standard InChI is InChI=1S/C17H23N2O2/c1-12-18(2)16-11-13(17(20)21-3)9-10-15(16)19(12)14-7-5-4-6-8-14/h9-11,14H,4-8H2,1-3H3/q+1. The molecule has 0 radical (unpaired) electrons. The van der Waals surface area contributed by atoms with Gasteiger partial charge in [0.2, 0.25) is 0 Å². The number of hydrogen-bond acceptors (Lipinski definition) is 2. The number of carbonyl (C=O) groups is 1. The fourth-order valence-corrected chi connectivity index (χ4v) is 3.55. The lowest BCUT2D eigenvalue weighted by atomic mass is 9.95. The predicted molar refractivity (Wildman–Crippen MR) is 81.3 cm³/mol. The molecule has 3 rings (SSSR count). The van der Waals surface area contributed by atoms with Gasteiger partial charge in [-0.2, -0.15) is 0 Å². The highest BCUT2D eigenvalue weighted by molar-refractivity contribution is 5.93. The number of methoxy groups -OCH3 is 1. The van der Waals surface area contributed by atoms with E-state index in [2.05, 4.69) is 29.2 Å². The monoisotopic (exact) mass is 287 g/mol. The van der Waals surface area contributed by atoms with Crippen molar-refractivity contribution in [3.05, 3.63) is 29.6 Å². The fourth-order valence-electron chi connectivity index (χ4n) is 3.55. The highest BCUT2D eigenvalue weighted by Gasteiger charge is 2.28. The molecule has 1 saturated carbocycles. The molecule has 0 bridgehead atoms. The molecule has 0 N–H and O–H groups in total. The molecule has 1 heterocycles. The highest BCUT2D eigenvalue weighted by atomic mass is 16.5. The fraction of sp³-hybridized carbons (Fsp3) is 0.529. The number of nitrogens with zero attached hydrogens (tertiary/aromatic N) is 2. The van der Waals surface area contributed by atoms with Crippen molar-refractivity contribution in [2.24, 2.45) is 7.05 Å². The van der Waals surface area contributed by atoms with Gasteiger partial charge in [0.25, 0.3) is 5.82 Å². The Labute approximate surface area is 125 Å². The lowest BCUT2D eigenvalue weighted by Gasteiger charge is -2.20. The number of rotatable bonds is 2. The molecule has 4 nitrogen and oxygen atoms in total. The van der Waals surface area contributed by atoms with Crippen molar-refractivity contribution in [3.63, 3.8) is 0 Å². The Hall–Kier alpha value is -1.84. The maximum atomic E-state index is 11.7. The van der Waals surface area contributed by atoms with Crippen molar-refractivity contribution in [2.45, 2.75) is 45.1 Å². The summed E-state index contributed by atoms with van der Waals surface area (Å²) in [4.78, 5) is 11.7. The number of benzene rings is 1. The van der Waals surface area contributed by atoms with Crippen molar-refractivity contribution in [1.82, 2.24) is 4.57 Å². The molecular weight excluding hydrogens is 264 g/mol. The Morgan fingerprint density at radius 3 is 2.67 bits per heavy atom. The predicted octanol–water partition coefficient (Wildman–Crippen LogP) is 3.07. The minimum atomic E-state index is -0.278. The van der Waals surface area contributed by atoms with Gasteiger partial charge in [0, 0.05) is 13.0 Å². The van der Waals surface area contributed by atoms with Crippen LogP contribution in [0.1, 0.15) is 54.3 Å². The minimum Gasteiger partial charge on any atom is -0.465 e. The third-order valence-corrected chi connectivity index (χ3v) is 4.79. The molecule has 1 fully saturated rings. The maximum absolute atomic E-state index is 11.7. The molecular formula is C17H23N2O2+. The van der Waals surface area contributed by atoms with Crippen molar-refractivity contribution in [3.8, 4) is 0 Å². The molecule has 112 valence electrons. The zero-order valence-electron chi connectivity index (χ0n) is 13.1. The van der Waals surface area contributed by atoms with E-state index in [1.165, 1.54) is 50.6 Å². The summed E-state index contributed by atoms with van der Waals surface area (Å²) >= 11 is 0. The first kappa shape index (κ1) is 14.1. The van der Waals surface area contributed by atoms with Gasteiger partial charge in [-0.05, 0) is 37.8 Å². The first-order valence-electron chi connectivity index (χ1n) is 7.72. The lowest BCUT2D eigenvalue weighted by molar-refractivity contribution is -0.707. The van der Waals surface area contributed by atoms with Gasteiger partial charge in [0.15, 0.2) is 11.0 Å². The molecule has 0 atom stereocenters. The van der Waals surface area contributed by atoms with E-state index in [1.807, 2.05) is 12.1 Å². The smallest absolute Gasteiger partial charge is 0.338 e. The number of fused-ring (bicyclic) bond motifs is 1. The molecule has 0 saturated heterocycles. The molecule has 0 spiro atoms. The molecule has 1 aromatic heterocycles. The number of aryl methyl sites for hydroxylation is 1. The van der Waals surface area contributed by atoms with E-state index in [4.69, 9.17) is 4.74 Å². The first-order valence-corrected chi connectivity index (χ1v) is 7.72. The average Bonchev–Trinajstić information content (AvgIpc) is 2.78. The molecule has 1 aliphatic rings. The second-order valence-corrected chi connectivity index (χ2v) is 5.96. The number of aromatic nitrogens is 2. The van der Waals surface area contributed by atoms with Crippen molar-refractivity contribution >= 4 is 17.0 Å². The van der Waals surface area contributed by atoms with Crippen LogP contribution in [0.3, 0.4) is 0 Å². The van der Waals surface area contributed by atoms with Crippen LogP contribution in [0, 0.1) is 6.92 Å². The van der Waals surface area contributed by atoms with Gasteiger partial charge in [-0.25, -0.2) is 13.9 Å². The van der Waals surface area contributed by atoms with Crippen LogP contribution in [0.2, 0.25) is 0 Å². The van der Waals surface area contributed by atoms with Gasteiger partial charge in [-0.1, -0.05) is 6.42 Å². The molecule has 1 aromatic carbocycles. The topological polar surface area (TPSA) is 35.1 Å². The highest BCUT2D eigenvalue weighted by Crippen LogP contribution is 2.27. The van der Waals surface area contributed by atoms with E-state index >= 15 is 0 Å². The van der Waals surface area contributed by atoms with Gasteiger partial charge >= 0.3 is 5.97 Å². The summed E-state index contributed by atoms with van der Waals surface area (Å²) in [5.74, 6) is 0.971. The minimum absolute atomic E-state index is 0.278. The van der Waals surface area contributed by atoms with Gasteiger partial charge in [-0.3, -0.25) is 0 Å². The summed E-state index contributed by atoms with van der Waals surface area (Å²) in [7, 11) is 3.49. The summed E-state index contributed by atoms with van der Waals surface area (Å²) in [5, 5.41) is 0. The summed E-state index contributed by atoms with van der Waals surface area (Å²) < 4.78 is 9.45. The third-order valence-electron chi connectivity index (χ3n) is 4.79. The number of carbonyl (C=O) groups excluding carboxylic acids is 1. The van der Waals surface area contributed by atoms with Crippen molar-refractivity contribution < 1.29 is 14.1 Å². The molecule has 21 heavy (non-hydrogen) atoms. The van der Waals surface area contributed by atoms with E-state index < -0.39 is 0 Å². The summed E-state index contributed by atoms with van der Waals surface area (Å²) in [6, 6.07) is 6.45. The Bertz CT molecular complexity index is 682. The molecule has 4 heteroatoms. The van der Waals surface area contributed by atoms with Crippen LogP contribution in [-0.4, -0.2) is 17.6 Å². The van der Waals surface area contributed by atoms with Crippen LogP contribution in [0.25, 0.3) is 11.0 Å². The molecule has 2 aromatic rings. The van der Waals surface area contributed by atoms with E-state index in [9.17, 15) is 4.79 Å². The zero-order valence-corrected chi connectivity index (χ0v) is 13.1. The Morgan fingerprint density at radius 1 is 1.29 bits per heavy atom. The summed E-state index contributed by atoms with van der Waals surface area (Å²) in [6.45, 7) is 2.16. The van der Waals surface area contributed by atoms with E-state index in [0.29, 0.717) is 11.6 Å². The van der Waals surface area contributed by atoms with E-state index in [1.54, 1.807) is 0 Å². The largest absolute Gasteiger partial charge is 0.465 e. The second kappa shape index (κ2) is 5.51. The number of ether oxygens (including phenoxy) is 1. The normalized spacial score (nSPS) is 16.3. The third kappa shape index (κ3) is 2.33. The molecule has 0 aliphatic heterocycles. The Morgan fingerprint density at radius 2 is 2.00 bits per heavy atom. The lowest BCUT2D eigenvalue weighted by Crippen LogP contribution is -2.42. The Balaban J connectivity index is 2.13. The quantitative estimate of drug-likeness (QED) is 0.628.